The molecule has 1 amide bonds. The van der Waals surface area contributed by atoms with Gasteiger partial charge < -0.3 is 11.1 Å². The Morgan fingerprint density at radius 3 is 2.64 bits per heavy atom. The molecule has 0 aliphatic rings. The predicted molar refractivity (Wildman–Crippen MR) is 52.3 cm³/mol. The summed E-state index contributed by atoms with van der Waals surface area (Å²) in [4.78, 5) is 18.6. The maximum atomic E-state index is 10.6. The minimum atomic E-state index is -0.413. The zero-order valence-electron chi connectivity index (χ0n) is 8.16. The molecule has 5 heteroatoms. The second-order valence-electron chi connectivity index (χ2n) is 2.93. The van der Waals surface area contributed by atoms with Crippen molar-refractivity contribution in [3.8, 4) is 0 Å². The summed E-state index contributed by atoms with van der Waals surface area (Å²) in [5.41, 5.74) is 6.01. The molecule has 1 heterocycles. The second-order valence-corrected chi connectivity index (χ2v) is 2.93. The van der Waals surface area contributed by atoms with E-state index in [0.29, 0.717) is 5.82 Å². The summed E-state index contributed by atoms with van der Waals surface area (Å²) in [6, 6.07) is 0. The highest BCUT2D eigenvalue weighted by Gasteiger charge is 2.01. The minimum absolute atomic E-state index is 0.0987. The van der Waals surface area contributed by atoms with E-state index in [-0.39, 0.29) is 6.42 Å². The average Bonchev–Trinajstić information content (AvgIpc) is 2.16. The van der Waals surface area contributed by atoms with E-state index in [9.17, 15) is 4.79 Å². The van der Waals surface area contributed by atoms with Crippen molar-refractivity contribution in [1.82, 2.24) is 15.3 Å². The van der Waals surface area contributed by atoms with E-state index < -0.39 is 5.91 Å². The molecule has 5 nitrogen and oxygen atoms in total. The summed E-state index contributed by atoms with van der Waals surface area (Å²) < 4.78 is 0. The fourth-order valence-electron chi connectivity index (χ4n) is 0.989. The summed E-state index contributed by atoms with van der Waals surface area (Å²) >= 11 is 0. The zero-order valence-corrected chi connectivity index (χ0v) is 8.16. The van der Waals surface area contributed by atoms with Crippen LogP contribution in [0.15, 0.2) is 12.4 Å². The molecule has 0 saturated heterocycles. The van der Waals surface area contributed by atoms with Gasteiger partial charge in [-0.3, -0.25) is 4.79 Å². The standard InChI is InChI=1S/C9H14N4O/c1-2-11-4-7-5-12-9(13-6-7)3-8(10)14/h5-6,11H,2-4H2,1H3,(H2,10,14). The highest BCUT2D eigenvalue weighted by Crippen LogP contribution is 1.96. The molecule has 0 radical (unpaired) electrons. The molecular formula is C9H14N4O. The van der Waals surface area contributed by atoms with Gasteiger partial charge >= 0.3 is 0 Å². The first-order valence-corrected chi connectivity index (χ1v) is 4.51. The van der Waals surface area contributed by atoms with Gasteiger partial charge in [-0.15, -0.1) is 0 Å². The lowest BCUT2D eigenvalue weighted by atomic mass is 10.3. The lowest BCUT2D eigenvalue weighted by molar-refractivity contribution is -0.117. The van der Waals surface area contributed by atoms with Gasteiger partial charge in [0.1, 0.15) is 5.82 Å². The van der Waals surface area contributed by atoms with Gasteiger partial charge in [-0.1, -0.05) is 6.92 Å². The molecule has 0 aliphatic heterocycles. The Morgan fingerprint density at radius 2 is 2.14 bits per heavy atom. The van der Waals surface area contributed by atoms with Crippen LogP contribution in [-0.2, 0) is 17.8 Å². The van der Waals surface area contributed by atoms with E-state index in [1.165, 1.54) is 0 Å². The molecular weight excluding hydrogens is 180 g/mol. The number of nitrogens with two attached hydrogens (primary N) is 1. The molecule has 0 saturated carbocycles. The van der Waals surface area contributed by atoms with Crippen molar-refractivity contribution in [2.45, 2.75) is 19.9 Å². The average molecular weight is 194 g/mol. The number of nitrogens with one attached hydrogen (secondary N) is 1. The van der Waals surface area contributed by atoms with Crippen molar-refractivity contribution in [1.29, 1.82) is 0 Å². The molecule has 3 N–H and O–H groups in total. The number of nitrogens with zero attached hydrogens (tertiary/aromatic N) is 2. The first kappa shape index (κ1) is 10.6. The van der Waals surface area contributed by atoms with Crippen molar-refractivity contribution in [3.05, 3.63) is 23.8 Å². The third kappa shape index (κ3) is 3.49. The number of primary amides is 1. The quantitative estimate of drug-likeness (QED) is 0.669. The summed E-state index contributed by atoms with van der Waals surface area (Å²) in [6.45, 7) is 3.68. The number of amides is 1. The molecule has 1 aromatic rings. The lowest BCUT2D eigenvalue weighted by Gasteiger charge is -2.01. The highest BCUT2D eigenvalue weighted by molar-refractivity contribution is 5.75. The molecule has 0 aliphatic carbocycles. The third-order valence-electron chi connectivity index (χ3n) is 1.67. The van der Waals surface area contributed by atoms with Crippen LogP contribution in [0, 0.1) is 0 Å². The molecule has 14 heavy (non-hydrogen) atoms. The monoisotopic (exact) mass is 194 g/mol. The van der Waals surface area contributed by atoms with Crippen LogP contribution in [0.3, 0.4) is 0 Å². The van der Waals surface area contributed by atoms with Gasteiger partial charge in [0.25, 0.3) is 0 Å². The Morgan fingerprint density at radius 1 is 1.50 bits per heavy atom. The number of rotatable bonds is 5. The van der Waals surface area contributed by atoms with E-state index in [2.05, 4.69) is 15.3 Å². The molecule has 1 rings (SSSR count). The fraction of sp³-hybridized carbons (Fsp3) is 0.444. The predicted octanol–water partition coefficient (Wildman–Crippen LogP) is -0.386. The molecule has 76 valence electrons. The summed E-state index contributed by atoms with van der Waals surface area (Å²) in [5, 5.41) is 3.15. The van der Waals surface area contributed by atoms with Crippen molar-refractivity contribution >= 4 is 5.91 Å². The van der Waals surface area contributed by atoms with Gasteiger partial charge in [-0.2, -0.15) is 0 Å². The summed E-state index contributed by atoms with van der Waals surface area (Å²) in [5.74, 6) is 0.0576. The van der Waals surface area contributed by atoms with Gasteiger partial charge in [0, 0.05) is 24.5 Å². The largest absolute Gasteiger partial charge is 0.369 e. The van der Waals surface area contributed by atoms with E-state index in [1.807, 2.05) is 6.92 Å². The van der Waals surface area contributed by atoms with E-state index in [1.54, 1.807) is 12.4 Å². The maximum Gasteiger partial charge on any atom is 0.225 e. The molecule has 0 aromatic carbocycles. The Kier molecular flexibility index (Phi) is 4.00. The molecule has 0 spiro atoms. The van der Waals surface area contributed by atoms with Gasteiger partial charge in [0.15, 0.2) is 0 Å². The molecule has 0 bridgehead atoms. The minimum Gasteiger partial charge on any atom is -0.369 e. The van der Waals surface area contributed by atoms with Gasteiger partial charge in [0.05, 0.1) is 6.42 Å². The van der Waals surface area contributed by atoms with Crippen molar-refractivity contribution in [3.63, 3.8) is 0 Å². The first-order chi connectivity index (χ1) is 6.72. The van der Waals surface area contributed by atoms with Crippen LogP contribution in [0.5, 0.6) is 0 Å². The first-order valence-electron chi connectivity index (χ1n) is 4.51. The number of hydrogen-bond donors (Lipinski definition) is 2. The topological polar surface area (TPSA) is 80.9 Å². The van der Waals surface area contributed by atoms with Crippen LogP contribution in [0.4, 0.5) is 0 Å². The Bertz CT molecular complexity index is 296. The van der Waals surface area contributed by atoms with Crippen LogP contribution in [-0.4, -0.2) is 22.4 Å². The number of carbonyl (C=O) groups excluding carboxylic acids is 1. The van der Waals surface area contributed by atoms with Crippen molar-refractivity contribution < 1.29 is 4.79 Å². The van der Waals surface area contributed by atoms with Crippen molar-refractivity contribution in [2.24, 2.45) is 5.73 Å². The maximum absolute atomic E-state index is 10.6. The Labute approximate surface area is 82.7 Å². The van der Waals surface area contributed by atoms with Crippen LogP contribution in [0.1, 0.15) is 18.3 Å². The zero-order chi connectivity index (χ0) is 10.4. The van der Waals surface area contributed by atoms with Gasteiger partial charge in [-0.05, 0) is 6.54 Å². The summed E-state index contributed by atoms with van der Waals surface area (Å²) in [7, 11) is 0. The van der Waals surface area contributed by atoms with E-state index >= 15 is 0 Å². The third-order valence-corrected chi connectivity index (χ3v) is 1.67. The SMILES string of the molecule is CCNCc1cnc(CC(N)=O)nc1. The van der Waals surface area contributed by atoms with Crippen molar-refractivity contribution in [2.75, 3.05) is 6.54 Å². The Balaban J connectivity index is 2.54. The molecule has 0 fully saturated rings. The summed E-state index contributed by atoms with van der Waals surface area (Å²) in [6.07, 6.45) is 3.50. The second kappa shape index (κ2) is 5.29. The van der Waals surface area contributed by atoms with Crippen LogP contribution in [0.2, 0.25) is 0 Å². The van der Waals surface area contributed by atoms with Crippen LogP contribution < -0.4 is 11.1 Å². The Hall–Kier alpha value is -1.49. The molecule has 0 unspecified atom stereocenters. The highest BCUT2D eigenvalue weighted by atomic mass is 16.1. The van der Waals surface area contributed by atoms with Gasteiger partial charge in [-0.25, -0.2) is 9.97 Å². The molecule has 0 atom stereocenters. The lowest BCUT2D eigenvalue weighted by Crippen LogP contribution is -2.16. The normalized spacial score (nSPS) is 10.1. The van der Waals surface area contributed by atoms with E-state index in [0.717, 1.165) is 18.7 Å². The number of carbonyl (C=O) groups is 1. The van der Waals surface area contributed by atoms with Gasteiger partial charge in [0.2, 0.25) is 5.91 Å². The van der Waals surface area contributed by atoms with E-state index in [4.69, 9.17) is 5.73 Å². The van der Waals surface area contributed by atoms with Crippen LogP contribution >= 0.6 is 0 Å². The number of aromatic nitrogens is 2. The molecule has 1 aromatic heterocycles. The fourth-order valence-corrected chi connectivity index (χ4v) is 0.989. The number of hydrogen-bond acceptors (Lipinski definition) is 4. The van der Waals surface area contributed by atoms with Crippen LogP contribution in [0.25, 0.3) is 0 Å². The smallest absolute Gasteiger partial charge is 0.225 e.